The van der Waals surface area contributed by atoms with Crippen molar-refractivity contribution in [3.05, 3.63) is 71.4 Å². The van der Waals surface area contributed by atoms with E-state index in [0.29, 0.717) is 11.3 Å². The van der Waals surface area contributed by atoms with Crippen molar-refractivity contribution >= 4 is 11.5 Å². The summed E-state index contributed by atoms with van der Waals surface area (Å²) in [4.78, 5) is 12.4. The Morgan fingerprint density at radius 2 is 1.74 bits per heavy atom. The first-order chi connectivity index (χ1) is 11.0. The maximum absolute atomic E-state index is 12.4. The molecule has 1 heterocycles. The predicted octanol–water partition coefficient (Wildman–Crippen LogP) is 3.34. The van der Waals surface area contributed by atoms with Crippen LogP contribution >= 0.6 is 0 Å². The van der Waals surface area contributed by atoms with Crippen LogP contribution in [0.2, 0.25) is 0 Å². The number of phenols is 1. The minimum Gasteiger partial charge on any atom is -0.508 e. The zero-order chi connectivity index (χ0) is 16.4. The van der Waals surface area contributed by atoms with Crippen LogP contribution in [0.5, 0.6) is 5.75 Å². The summed E-state index contributed by atoms with van der Waals surface area (Å²) < 4.78 is 0. The van der Waals surface area contributed by atoms with Gasteiger partial charge in [-0.05, 0) is 37.3 Å². The van der Waals surface area contributed by atoms with E-state index in [1.54, 1.807) is 42.5 Å². The molecule has 0 unspecified atom stereocenters. The molecule has 0 bridgehead atoms. The highest BCUT2D eigenvalue weighted by molar-refractivity contribution is 6.50. The van der Waals surface area contributed by atoms with Gasteiger partial charge in [0.1, 0.15) is 17.2 Å². The molecule has 114 valence electrons. The number of carbonyl (C=O) groups is 1. The lowest BCUT2D eigenvalue weighted by atomic mass is 10.0. The minimum absolute atomic E-state index is 0.0779. The number of aromatic amines is 1. The fourth-order valence-corrected chi connectivity index (χ4v) is 2.20. The summed E-state index contributed by atoms with van der Waals surface area (Å²) in [5, 5.41) is 24.1. The number of nitrogens with zero attached hydrogens (tertiary/aromatic N) is 1. The molecule has 0 saturated carbocycles. The van der Waals surface area contributed by atoms with Crippen molar-refractivity contribution in [2.75, 3.05) is 0 Å². The van der Waals surface area contributed by atoms with Crippen LogP contribution in [0, 0.1) is 12.3 Å². The molecule has 1 aromatic heterocycles. The van der Waals surface area contributed by atoms with E-state index >= 15 is 0 Å². The first-order valence-electron chi connectivity index (χ1n) is 7.10. The third-order valence-electron chi connectivity index (χ3n) is 3.55. The molecular weight excluding hydrogens is 290 g/mol. The van der Waals surface area contributed by atoms with E-state index in [9.17, 15) is 9.90 Å². The van der Waals surface area contributed by atoms with Gasteiger partial charge in [-0.3, -0.25) is 15.3 Å². The molecule has 3 rings (SSSR count). The van der Waals surface area contributed by atoms with Crippen molar-refractivity contribution in [2.24, 2.45) is 0 Å². The normalized spacial score (nSPS) is 10.5. The molecule has 0 aliphatic carbocycles. The van der Waals surface area contributed by atoms with Crippen molar-refractivity contribution in [2.45, 2.75) is 6.92 Å². The molecule has 5 heteroatoms. The van der Waals surface area contributed by atoms with Gasteiger partial charge in [-0.15, -0.1) is 0 Å². The van der Waals surface area contributed by atoms with Crippen LogP contribution in [0.15, 0.2) is 54.6 Å². The largest absolute Gasteiger partial charge is 0.508 e. The molecule has 0 spiro atoms. The van der Waals surface area contributed by atoms with Gasteiger partial charge in [0.2, 0.25) is 5.78 Å². The molecule has 0 aliphatic heterocycles. The molecule has 0 fully saturated rings. The molecule has 2 aromatic carbocycles. The Morgan fingerprint density at radius 3 is 2.39 bits per heavy atom. The van der Waals surface area contributed by atoms with Gasteiger partial charge in [-0.25, -0.2) is 0 Å². The Kier molecular flexibility index (Phi) is 3.76. The summed E-state index contributed by atoms with van der Waals surface area (Å²) in [6.07, 6.45) is 0. The van der Waals surface area contributed by atoms with Crippen LogP contribution in [-0.2, 0) is 0 Å². The Labute approximate surface area is 133 Å². The van der Waals surface area contributed by atoms with Gasteiger partial charge in [-0.2, -0.15) is 5.10 Å². The summed E-state index contributed by atoms with van der Waals surface area (Å²) in [6.45, 7) is 1.95. The second-order valence-electron chi connectivity index (χ2n) is 5.28. The average Bonchev–Trinajstić information content (AvgIpc) is 3.05. The highest BCUT2D eigenvalue weighted by atomic mass is 16.3. The van der Waals surface area contributed by atoms with Crippen LogP contribution in [0.4, 0.5) is 0 Å². The lowest BCUT2D eigenvalue weighted by Crippen LogP contribution is -2.14. The van der Waals surface area contributed by atoms with Gasteiger partial charge in [-0.1, -0.05) is 29.8 Å². The fraction of sp³-hybridized carbons (Fsp3) is 0.0556. The quantitative estimate of drug-likeness (QED) is 0.510. The number of Topliss-reactive ketones (excluding diaryl/α,β-unsaturated/α-hetero) is 1. The average molecular weight is 305 g/mol. The second-order valence-corrected chi connectivity index (χ2v) is 5.28. The zero-order valence-corrected chi connectivity index (χ0v) is 12.5. The number of ketones is 1. The maximum Gasteiger partial charge on any atom is 0.228 e. The van der Waals surface area contributed by atoms with Crippen LogP contribution < -0.4 is 0 Å². The maximum atomic E-state index is 12.4. The summed E-state index contributed by atoms with van der Waals surface area (Å²) in [7, 11) is 0. The molecular formula is C18H15N3O2. The van der Waals surface area contributed by atoms with Crippen LogP contribution in [0.3, 0.4) is 0 Å². The first kappa shape index (κ1) is 14.7. The third-order valence-corrected chi connectivity index (χ3v) is 3.55. The molecule has 3 N–H and O–H groups in total. The Bertz CT molecular complexity index is 862. The number of carbonyl (C=O) groups excluding carboxylic acids is 1. The first-order valence-corrected chi connectivity index (χ1v) is 7.10. The van der Waals surface area contributed by atoms with Crippen LogP contribution in [0.1, 0.15) is 21.6 Å². The molecule has 3 aromatic rings. The number of phenolic OH excluding ortho intramolecular Hbond substituents is 1. The summed E-state index contributed by atoms with van der Waals surface area (Å²) >= 11 is 0. The zero-order valence-electron chi connectivity index (χ0n) is 12.5. The Balaban J connectivity index is 1.84. The highest BCUT2D eigenvalue weighted by Gasteiger charge is 2.17. The number of rotatable bonds is 4. The van der Waals surface area contributed by atoms with E-state index in [2.05, 4.69) is 10.2 Å². The number of benzene rings is 2. The SMILES string of the molecule is Cc1ccc(C(=N)C(=O)c2cc(-c3ccc(O)cc3)n[nH]2)cc1. The lowest BCUT2D eigenvalue weighted by Gasteiger charge is -2.02. The van der Waals surface area contributed by atoms with Crippen LogP contribution in [-0.4, -0.2) is 26.8 Å². The van der Waals surface area contributed by atoms with Crippen molar-refractivity contribution in [3.63, 3.8) is 0 Å². The molecule has 0 amide bonds. The van der Waals surface area contributed by atoms with Gasteiger partial charge in [0, 0.05) is 11.1 Å². The van der Waals surface area contributed by atoms with Gasteiger partial charge >= 0.3 is 0 Å². The number of H-pyrrole nitrogens is 1. The Morgan fingerprint density at radius 1 is 1.09 bits per heavy atom. The third kappa shape index (κ3) is 3.03. The summed E-state index contributed by atoms with van der Waals surface area (Å²) in [5.74, 6) is -0.242. The topological polar surface area (TPSA) is 89.8 Å². The van der Waals surface area contributed by atoms with E-state index in [1.807, 2.05) is 19.1 Å². The van der Waals surface area contributed by atoms with Gasteiger partial charge in [0.15, 0.2) is 0 Å². The number of aromatic nitrogens is 2. The van der Waals surface area contributed by atoms with Gasteiger partial charge in [0.05, 0.1) is 5.69 Å². The molecule has 0 aliphatic rings. The number of aromatic hydroxyl groups is 1. The van der Waals surface area contributed by atoms with E-state index in [1.165, 1.54) is 0 Å². The van der Waals surface area contributed by atoms with Gasteiger partial charge < -0.3 is 5.11 Å². The van der Waals surface area contributed by atoms with Gasteiger partial charge in [0.25, 0.3) is 0 Å². The monoisotopic (exact) mass is 305 g/mol. The highest BCUT2D eigenvalue weighted by Crippen LogP contribution is 2.21. The van der Waals surface area contributed by atoms with E-state index in [-0.39, 0.29) is 17.2 Å². The standard InChI is InChI=1S/C18H15N3O2/c1-11-2-4-13(5-3-11)17(19)18(23)16-10-15(20-21-16)12-6-8-14(22)9-7-12/h2-10,19,22H,1H3,(H,20,21). The van der Waals surface area contributed by atoms with Crippen molar-refractivity contribution in [1.82, 2.24) is 10.2 Å². The van der Waals surface area contributed by atoms with E-state index in [0.717, 1.165) is 11.1 Å². The fourth-order valence-electron chi connectivity index (χ4n) is 2.20. The van der Waals surface area contributed by atoms with Crippen molar-refractivity contribution < 1.29 is 9.90 Å². The predicted molar refractivity (Wildman–Crippen MR) is 88.0 cm³/mol. The van der Waals surface area contributed by atoms with Crippen LogP contribution in [0.25, 0.3) is 11.3 Å². The number of aryl methyl sites for hydroxylation is 1. The second kappa shape index (κ2) is 5.88. The lowest BCUT2D eigenvalue weighted by molar-refractivity contribution is 0.106. The number of hydrogen-bond acceptors (Lipinski definition) is 4. The molecule has 0 radical (unpaired) electrons. The molecule has 23 heavy (non-hydrogen) atoms. The summed E-state index contributed by atoms with van der Waals surface area (Å²) in [6, 6.07) is 15.4. The number of hydrogen-bond donors (Lipinski definition) is 3. The smallest absolute Gasteiger partial charge is 0.228 e. The van der Waals surface area contributed by atoms with E-state index < -0.39 is 5.78 Å². The van der Waals surface area contributed by atoms with E-state index in [4.69, 9.17) is 5.41 Å². The van der Waals surface area contributed by atoms with Crippen molar-refractivity contribution in [3.8, 4) is 17.0 Å². The summed E-state index contributed by atoms with van der Waals surface area (Å²) in [5.41, 5.74) is 3.20. The van der Waals surface area contributed by atoms with Crippen molar-refractivity contribution in [1.29, 1.82) is 5.41 Å². The Hall–Kier alpha value is -3.21. The molecule has 0 saturated heterocycles. The molecule has 0 atom stereocenters. The minimum atomic E-state index is -0.411. The number of nitrogens with one attached hydrogen (secondary N) is 2. The molecule has 5 nitrogen and oxygen atoms in total.